The van der Waals surface area contributed by atoms with Gasteiger partial charge in [-0.25, -0.2) is 4.79 Å². The molecule has 142 valence electrons. The molecule has 0 saturated carbocycles. The van der Waals surface area contributed by atoms with Gasteiger partial charge in [0.25, 0.3) is 0 Å². The van der Waals surface area contributed by atoms with Gasteiger partial charge in [-0.15, -0.1) is 4.73 Å². The maximum Gasteiger partial charge on any atom is 0.359 e. The van der Waals surface area contributed by atoms with Crippen molar-refractivity contribution < 1.29 is 9.57 Å². The molecule has 1 fully saturated rings. The number of nitrogens with one attached hydrogen (secondary N) is 1. The summed E-state index contributed by atoms with van der Waals surface area (Å²) in [5.41, 5.74) is 3.34. The average Bonchev–Trinajstić information content (AvgIpc) is 3.02. The van der Waals surface area contributed by atoms with Crippen LogP contribution in [0.15, 0.2) is 47.3 Å². The van der Waals surface area contributed by atoms with Gasteiger partial charge in [-0.05, 0) is 49.5 Å². The zero-order valence-electron chi connectivity index (χ0n) is 15.8. The van der Waals surface area contributed by atoms with Crippen LogP contribution in [0.25, 0.3) is 11.0 Å². The highest BCUT2D eigenvalue weighted by Gasteiger charge is 2.25. The van der Waals surface area contributed by atoms with Gasteiger partial charge >= 0.3 is 5.69 Å². The van der Waals surface area contributed by atoms with Gasteiger partial charge in [-0.1, -0.05) is 36.4 Å². The number of aromatic nitrogens is 2. The maximum atomic E-state index is 12.6. The SMILES string of the molecule is COc1ccc(C2CCCN(C)C2)c2c1[nH]c(=O)n2OCc1ccccc1. The summed E-state index contributed by atoms with van der Waals surface area (Å²) in [5, 5.41) is 0. The Hall–Kier alpha value is -2.73. The molecule has 6 heteroatoms. The smallest absolute Gasteiger partial charge is 0.359 e. The van der Waals surface area contributed by atoms with E-state index in [0.717, 1.165) is 42.6 Å². The van der Waals surface area contributed by atoms with Crippen molar-refractivity contribution in [2.24, 2.45) is 0 Å². The van der Waals surface area contributed by atoms with Gasteiger partial charge in [0.2, 0.25) is 0 Å². The molecule has 0 bridgehead atoms. The molecule has 1 aliphatic rings. The number of rotatable bonds is 5. The molecule has 2 aromatic carbocycles. The van der Waals surface area contributed by atoms with Gasteiger partial charge in [0, 0.05) is 6.54 Å². The largest absolute Gasteiger partial charge is 0.494 e. The van der Waals surface area contributed by atoms with E-state index in [0.29, 0.717) is 23.8 Å². The quantitative estimate of drug-likeness (QED) is 0.753. The number of ether oxygens (including phenoxy) is 1. The van der Waals surface area contributed by atoms with Gasteiger partial charge in [0.15, 0.2) is 0 Å². The van der Waals surface area contributed by atoms with E-state index in [2.05, 4.69) is 23.0 Å². The first-order valence-corrected chi connectivity index (χ1v) is 9.34. The van der Waals surface area contributed by atoms with Crippen molar-refractivity contribution in [3.05, 3.63) is 64.1 Å². The number of H-pyrrole nitrogens is 1. The van der Waals surface area contributed by atoms with E-state index in [4.69, 9.17) is 9.57 Å². The number of hydrogen-bond acceptors (Lipinski definition) is 4. The second-order valence-electron chi connectivity index (χ2n) is 7.17. The second-order valence-corrected chi connectivity index (χ2v) is 7.17. The van der Waals surface area contributed by atoms with Crippen molar-refractivity contribution in [1.82, 2.24) is 14.6 Å². The predicted octanol–water partition coefficient (Wildman–Crippen LogP) is 2.78. The van der Waals surface area contributed by atoms with Crippen LogP contribution < -0.4 is 15.3 Å². The van der Waals surface area contributed by atoms with Crippen molar-refractivity contribution in [3.63, 3.8) is 0 Å². The Balaban J connectivity index is 1.77. The molecule has 1 atom stereocenters. The van der Waals surface area contributed by atoms with Crippen molar-refractivity contribution in [3.8, 4) is 5.75 Å². The number of fused-ring (bicyclic) bond motifs is 1. The minimum atomic E-state index is -0.282. The van der Waals surface area contributed by atoms with Crippen LogP contribution in [0.3, 0.4) is 0 Å². The molecule has 2 heterocycles. The van der Waals surface area contributed by atoms with Crippen LogP contribution in [0, 0.1) is 0 Å². The number of piperidine rings is 1. The Morgan fingerprint density at radius 1 is 1.19 bits per heavy atom. The third-order valence-electron chi connectivity index (χ3n) is 5.28. The molecular weight excluding hydrogens is 342 g/mol. The van der Waals surface area contributed by atoms with Gasteiger partial charge in [-0.3, -0.25) is 4.98 Å². The number of methoxy groups -OCH3 is 1. The molecule has 0 spiro atoms. The normalized spacial score (nSPS) is 17.9. The molecule has 1 aromatic heterocycles. The number of hydrogen-bond donors (Lipinski definition) is 1. The minimum Gasteiger partial charge on any atom is -0.494 e. The highest BCUT2D eigenvalue weighted by molar-refractivity contribution is 5.85. The topological polar surface area (TPSA) is 59.5 Å². The summed E-state index contributed by atoms with van der Waals surface area (Å²) >= 11 is 0. The van der Waals surface area contributed by atoms with Crippen molar-refractivity contribution in [1.29, 1.82) is 0 Å². The zero-order chi connectivity index (χ0) is 18.8. The van der Waals surface area contributed by atoms with E-state index in [9.17, 15) is 4.79 Å². The summed E-state index contributed by atoms with van der Waals surface area (Å²) in [6.07, 6.45) is 2.25. The van der Waals surface area contributed by atoms with E-state index >= 15 is 0 Å². The molecule has 6 nitrogen and oxygen atoms in total. The van der Waals surface area contributed by atoms with Gasteiger partial charge in [0.05, 0.1) is 7.11 Å². The Labute approximate surface area is 158 Å². The zero-order valence-corrected chi connectivity index (χ0v) is 15.8. The number of aromatic amines is 1. The Morgan fingerprint density at radius 3 is 2.74 bits per heavy atom. The Bertz CT molecular complexity index is 977. The lowest BCUT2D eigenvalue weighted by molar-refractivity contribution is 0.0983. The number of imidazole rings is 1. The molecule has 1 N–H and O–H groups in total. The molecular formula is C21H25N3O3. The van der Waals surface area contributed by atoms with Crippen LogP contribution in [-0.4, -0.2) is 41.9 Å². The molecule has 1 unspecified atom stereocenters. The lowest BCUT2D eigenvalue weighted by Crippen LogP contribution is -2.31. The Kier molecular flexibility index (Phi) is 4.90. The first kappa shape index (κ1) is 17.7. The molecule has 0 aliphatic carbocycles. The number of benzene rings is 2. The standard InChI is InChI=1S/C21H25N3O3/c1-23-12-6-9-16(13-23)17-10-11-18(26-2)19-20(17)24(21(25)22-19)27-14-15-7-4-3-5-8-15/h3-5,7-8,10-11,16H,6,9,12-14H2,1-2H3,(H,22,25). The molecule has 4 rings (SSSR count). The molecule has 3 aromatic rings. The fourth-order valence-corrected chi connectivity index (χ4v) is 3.94. The summed E-state index contributed by atoms with van der Waals surface area (Å²) in [6.45, 7) is 2.41. The monoisotopic (exact) mass is 367 g/mol. The van der Waals surface area contributed by atoms with E-state index in [1.165, 1.54) is 4.73 Å². The molecule has 0 radical (unpaired) electrons. The summed E-state index contributed by atoms with van der Waals surface area (Å²) in [5.74, 6) is 1.01. The number of likely N-dealkylation sites (tertiary alicyclic amines) is 1. The third kappa shape index (κ3) is 3.45. The lowest BCUT2D eigenvalue weighted by atomic mass is 9.90. The van der Waals surface area contributed by atoms with Crippen molar-refractivity contribution in [2.45, 2.75) is 25.4 Å². The summed E-state index contributed by atoms with van der Waals surface area (Å²) in [6, 6.07) is 13.9. The summed E-state index contributed by atoms with van der Waals surface area (Å²) < 4.78 is 6.87. The molecule has 1 saturated heterocycles. The average molecular weight is 367 g/mol. The van der Waals surface area contributed by atoms with Gasteiger partial charge < -0.3 is 14.5 Å². The number of likely N-dealkylation sites (N-methyl/N-ethyl adjacent to an activating group) is 1. The highest BCUT2D eigenvalue weighted by atomic mass is 16.7. The van der Waals surface area contributed by atoms with Crippen LogP contribution in [0.4, 0.5) is 0 Å². The van der Waals surface area contributed by atoms with Crippen LogP contribution in [-0.2, 0) is 6.61 Å². The highest BCUT2D eigenvalue weighted by Crippen LogP contribution is 2.34. The first-order chi connectivity index (χ1) is 13.2. The third-order valence-corrected chi connectivity index (χ3v) is 5.28. The van der Waals surface area contributed by atoms with Crippen LogP contribution in [0.1, 0.15) is 29.9 Å². The predicted molar refractivity (Wildman–Crippen MR) is 105 cm³/mol. The van der Waals surface area contributed by atoms with Crippen LogP contribution in [0.2, 0.25) is 0 Å². The summed E-state index contributed by atoms with van der Waals surface area (Å²) in [4.78, 5) is 23.8. The summed E-state index contributed by atoms with van der Waals surface area (Å²) in [7, 11) is 3.76. The van der Waals surface area contributed by atoms with E-state index in [1.807, 2.05) is 36.4 Å². The molecule has 1 aliphatic heterocycles. The molecule has 27 heavy (non-hydrogen) atoms. The lowest BCUT2D eigenvalue weighted by Gasteiger charge is -2.30. The van der Waals surface area contributed by atoms with Gasteiger partial charge in [-0.2, -0.15) is 0 Å². The van der Waals surface area contributed by atoms with Crippen molar-refractivity contribution in [2.75, 3.05) is 27.2 Å². The second kappa shape index (κ2) is 7.48. The van der Waals surface area contributed by atoms with Crippen LogP contribution in [0.5, 0.6) is 5.75 Å². The van der Waals surface area contributed by atoms with Crippen LogP contribution >= 0.6 is 0 Å². The number of nitrogens with zero attached hydrogens (tertiary/aromatic N) is 2. The molecule has 0 amide bonds. The van der Waals surface area contributed by atoms with E-state index < -0.39 is 0 Å². The van der Waals surface area contributed by atoms with Gasteiger partial charge in [0.1, 0.15) is 23.4 Å². The van der Waals surface area contributed by atoms with Crippen molar-refractivity contribution >= 4 is 11.0 Å². The minimum absolute atomic E-state index is 0.282. The fourth-order valence-electron chi connectivity index (χ4n) is 3.94. The van der Waals surface area contributed by atoms with E-state index in [-0.39, 0.29) is 5.69 Å². The Morgan fingerprint density at radius 2 is 2.00 bits per heavy atom. The maximum absolute atomic E-state index is 12.6. The fraction of sp³-hybridized carbons (Fsp3) is 0.381. The first-order valence-electron chi connectivity index (χ1n) is 9.34. The van der Waals surface area contributed by atoms with E-state index in [1.54, 1.807) is 7.11 Å².